The van der Waals surface area contributed by atoms with Gasteiger partial charge in [0.1, 0.15) is 0 Å². The summed E-state index contributed by atoms with van der Waals surface area (Å²) in [6, 6.07) is 0. The molecule has 0 aliphatic carbocycles. The highest BCUT2D eigenvalue weighted by molar-refractivity contribution is 5.71. The number of hydrogen-bond acceptors (Lipinski definition) is 5. The summed E-state index contributed by atoms with van der Waals surface area (Å²) in [5, 5.41) is 10.8. The Labute approximate surface area is 312 Å². The number of hydrogen-bond donors (Lipinski definition) is 2. The molecule has 0 saturated carbocycles. The molecule has 0 saturated heterocycles. The third kappa shape index (κ3) is 42.9. The number of amides is 1. The topological polar surface area (TPSA) is 80.6 Å². The maximum atomic E-state index is 11.9. The zero-order valence-corrected chi connectivity index (χ0v) is 33.9. The molecule has 6 nitrogen and oxygen atoms in total. The first kappa shape index (κ1) is 48.7. The molecule has 0 radical (unpaired) electrons. The molecule has 0 atom stereocenters. The van der Waals surface area contributed by atoms with Crippen molar-refractivity contribution in [1.82, 2.24) is 5.32 Å². The zero-order chi connectivity index (χ0) is 36.3. The van der Waals surface area contributed by atoms with Gasteiger partial charge in [0, 0.05) is 13.0 Å². The van der Waals surface area contributed by atoms with Crippen LogP contribution < -0.4 is 5.32 Å². The highest BCUT2D eigenvalue weighted by Crippen LogP contribution is 2.15. The Kier molecular flexibility index (Phi) is 42.7. The molecule has 0 aromatic carbocycles. The van der Waals surface area contributed by atoms with Gasteiger partial charge in [0.25, 0.3) is 0 Å². The normalized spacial score (nSPS) is 11.2. The second-order valence-corrected chi connectivity index (χ2v) is 15.2. The van der Waals surface area contributed by atoms with Gasteiger partial charge < -0.3 is 14.9 Å². The number of unbranched alkanes of at least 4 members (excludes halogenated alkanes) is 33. The minimum absolute atomic E-state index is 0.220. The van der Waals surface area contributed by atoms with Crippen LogP contribution in [0.3, 0.4) is 0 Å². The van der Waals surface area contributed by atoms with Crippen molar-refractivity contribution in [3.05, 3.63) is 0 Å². The fraction of sp³-hybridized carbons (Fsp3) is 0.955. The quantitative estimate of drug-likeness (QED) is 0.0217. The van der Waals surface area contributed by atoms with Crippen molar-refractivity contribution >= 4 is 12.0 Å². The molecule has 0 bridgehead atoms. The van der Waals surface area contributed by atoms with E-state index in [1.165, 1.54) is 186 Å². The van der Waals surface area contributed by atoms with Crippen LogP contribution in [0, 0.1) is 5.41 Å². The second-order valence-electron chi connectivity index (χ2n) is 15.2. The van der Waals surface area contributed by atoms with Crippen molar-refractivity contribution in [3.8, 4) is 0 Å². The average molecular weight is 709 g/mol. The second kappa shape index (κ2) is 43.9. The molecule has 2 N–H and O–H groups in total. The first-order valence-electron chi connectivity index (χ1n) is 22.5. The van der Waals surface area contributed by atoms with E-state index in [4.69, 9.17) is 19.9 Å². The number of rotatable bonds is 42. The Morgan fingerprint density at radius 3 is 1.14 bits per heavy atom. The van der Waals surface area contributed by atoms with Crippen LogP contribution in [0.2, 0.25) is 0 Å². The van der Waals surface area contributed by atoms with E-state index >= 15 is 0 Å². The molecule has 0 spiro atoms. The van der Waals surface area contributed by atoms with E-state index in [-0.39, 0.29) is 12.0 Å². The van der Waals surface area contributed by atoms with Gasteiger partial charge in [0.15, 0.2) is 0 Å². The van der Waals surface area contributed by atoms with Gasteiger partial charge in [0.05, 0.1) is 13.2 Å². The largest absolute Gasteiger partial charge is 0.450 e. The summed E-state index contributed by atoms with van der Waals surface area (Å²) in [4.78, 5) is 22.3. The van der Waals surface area contributed by atoms with Crippen molar-refractivity contribution < 1.29 is 19.3 Å². The van der Waals surface area contributed by atoms with Gasteiger partial charge in [-0.25, -0.2) is 4.79 Å². The molecule has 6 heteroatoms. The van der Waals surface area contributed by atoms with Crippen LogP contribution in [-0.2, 0) is 14.5 Å². The van der Waals surface area contributed by atoms with E-state index in [0.29, 0.717) is 26.2 Å². The van der Waals surface area contributed by atoms with Crippen molar-refractivity contribution in [2.24, 2.45) is 0 Å². The molecule has 0 aromatic rings. The standard InChI is InChI=1S/C44H88N2O4/c1-3-5-7-9-11-13-15-17-19-21-23-25-27-29-33-37-41-48-44(47)46-40-36-32-31-35-39-43(45)50-49-42-38-34-30-28-26-24-22-20-18-16-14-12-10-8-6-4-2/h45H,3-42H2,1-2H3,(H,46,47). The van der Waals surface area contributed by atoms with Gasteiger partial charge in [-0.1, -0.05) is 219 Å². The summed E-state index contributed by atoms with van der Waals surface area (Å²) in [7, 11) is 0. The van der Waals surface area contributed by atoms with Crippen LogP contribution in [0.25, 0.3) is 0 Å². The summed E-state index contributed by atoms with van der Waals surface area (Å²) < 4.78 is 5.32. The van der Waals surface area contributed by atoms with Gasteiger partial charge in [-0.05, 0) is 25.7 Å². The van der Waals surface area contributed by atoms with Gasteiger partial charge >= 0.3 is 6.09 Å². The fourth-order valence-corrected chi connectivity index (χ4v) is 6.68. The lowest BCUT2D eigenvalue weighted by atomic mass is 10.0. The first-order chi connectivity index (χ1) is 24.7. The summed E-state index contributed by atoms with van der Waals surface area (Å²) in [6.07, 6.45) is 47.4. The fourth-order valence-electron chi connectivity index (χ4n) is 6.68. The molecule has 0 heterocycles. The number of carbonyl (C=O) groups excluding carboxylic acids is 1. The zero-order valence-electron chi connectivity index (χ0n) is 33.9. The molecule has 0 aliphatic rings. The summed E-state index contributed by atoms with van der Waals surface area (Å²) in [6.45, 7) is 6.31. The molecular formula is C44H88N2O4. The number of carbonyl (C=O) groups is 1. The molecule has 0 unspecified atom stereocenters. The van der Waals surface area contributed by atoms with Crippen LogP contribution in [0.4, 0.5) is 4.79 Å². The number of ether oxygens (including phenoxy) is 1. The van der Waals surface area contributed by atoms with Crippen LogP contribution >= 0.6 is 0 Å². The Morgan fingerprint density at radius 1 is 0.420 bits per heavy atom. The molecule has 0 fully saturated rings. The summed E-state index contributed by atoms with van der Waals surface area (Å²) >= 11 is 0. The lowest BCUT2D eigenvalue weighted by Gasteiger charge is -2.08. The SMILES string of the molecule is CCCCCCCCCCCCCCCCCCOOC(=N)CCCCCCNC(=O)OCCCCCCCCCCCCCCCCCC. The van der Waals surface area contributed by atoms with E-state index in [1.54, 1.807) is 0 Å². The van der Waals surface area contributed by atoms with Crippen molar-refractivity contribution in [1.29, 1.82) is 5.41 Å². The lowest BCUT2D eigenvalue weighted by Crippen LogP contribution is -2.25. The van der Waals surface area contributed by atoms with Gasteiger partial charge in [0.2, 0.25) is 5.90 Å². The van der Waals surface area contributed by atoms with Gasteiger partial charge in [-0.3, -0.25) is 5.41 Å². The minimum Gasteiger partial charge on any atom is -0.450 e. The third-order valence-electron chi connectivity index (χ3n) is 10.1. The Morgan fingerprint density at radius 2 is 0.740 bits per heavy atom. The average Bonchev–Trinajstić information content (AvgIpc) is 3.12. The van der Waals surface area contributed by atoms with Gasteiger partial charge in [-0.15, -0.1) is 0 Å². The number of nitrogens with one attached hydrogen (secondary N) is 2. The molecule has 0 rings (SSSR count). The summed E-state index contributed by atoms with van der Waals surface area (Å²) in [5.41, 5.74) is 0. The molecular weight excluding hydrogens is 620 g/mol. The Hall–Kier alpha value is -1.30. The lowest BCUT2D eigenvalue weighted by molar-refractivity contribution is -0.225. The molecule has 298 valence electrons. The predicted octanol–water partition coefficient (Wildman–Crippen LogP) is 15.1. The van der Waals surface area contributed by atoms with E-state index in [9.17, 15) is 4.79 Å². The van der Waals surface area contributed by atoms with E-state index < -0.39 is 0 Å². The van der Waals surface area contributed by atoms with E-state index in [1.807, 2.05) is 0 Å². The summed E-state index contributed by atoms with van der Waals surface area (Å²) in [5.74, 6) is 0.220. The third-order valence-corrected chi connectivity index (χ3v) is 10.1. The maximum Gasteiger partial charge on any atom is 0.407 e. The van der Waals surface area contributed by atoms with Crippen LogP contribution in [0.5, 0.6) is 0 Å². The maximum absolute atomic E-state index is 11.9. The Balaban J connectivity index is 3.23. The van der Waals surface area contributed by atoms with E-state index in [0.717, 1.165) is 44.9 Å². The Bertz CT molecular complexity index is 674. The monoisotopic (exact) mass is 709 g/mol. The van der Waals surface area contributed by atoms with Crippen LogP contribution in [0.1, 0.15) is 251 Å². The molecule has 0 aromatic heterocycles. The molecule has 1 amide bonds. The van der Waals surface area contributed by atoms with Crippen LogP contribution in [-0.4, -0.2) is 31.7 Å². The number of alkyl carbamates (subject to hydrolysis) is 1. The predicted molar refractivity (Wildman–Crippen MR) is 216 cm³/mol. The first-order valence-corrected chi connectivity index (χ1v) is 22.5. The highest BCUT2D eigenvalue weighted by Gasteiger charge is 2.03. The minimum atomic E-state index is -0.289. The highest BCUT2D eigenvalue weighted by atomic mass is 17.2. The van der Waals surface area contributed by atoms with Crippen molar-refractivity contribution in [2.45, 2.75) is 251 Å². The van der Waals surface area contributed by atoms with Gasteiger partial charge in [-0.2, -0.15) is 4.89 Å². The smallest absolute Gasteiger partial charge is 0.407 e. The molecule has 0 aliphatic heterocycles. The van der Waals surface area contributed by atoms with E-state index in [2.05, 4.69) is 19.2 Å². The van der Waals surface area contributed by atoms with Crippen LogP contribution in [0.15, 0.2) is 0 Å². The van der Waals surface area contributed by atoms with Crippen molar-refractivity contribution in [3.63, 3.8) is 0 Å². The van der Waals surface area contributed by atoms with Crippen molar-refractivity contribution in [2.75, 3.05) is 19.8 Å². The molecule has 50 heavy (non-hydrogen) atoms.